The van der Waals surface area contributed by atoms with Crippen LogP contribution in [0.2, 0.25) is 10.0 Å². The Kier molecular flexibility index (Phi) is 5.53. The van der Waals surface area contributed by atoms with Crippen molar-refractivity contribution in [3.8, 4) is 0 Å². The van der Waals surface area contributed by atoms with Crippen LogP contribution in [0.5, 0.6) is 0 Å². The van der Waals surface area contributed by atoms with Crippen LogP contribution < -0.4 is 10.6 Å². The molecule has 0 radical (unpaired) electrons. The first-order chi connectivity index (χ1) is 11.6. The fraction of sp³-hybridized carbons (Fsp3) is 0.353. The second-order valence-electron chi connectivity index (χ2n) is 5.88. The first-order valence-electron chi connectivity index (χ1n) is 7.96. The SMILES string of the molecule is O=C(Nc1cc(Cl)cc(Cl)c1)c1cc(NC2CCCCC2)ncn1. The lowest BCUT2D eigenvalue weighted by atomic mass is 9.95. The predicted octanol–water partition coefficient (Wildman–Crippen LogP) is 4.78. The summed E-state index contributed by atoms with van der Waals surface area (Å²) in [6.45, 7) is 0. The van der Waals surface area contributed by atoms with Gasteiger partial charge in [0.2, 0.25) is 0 Å². The van der Waals surface area contributed by atoms with Gasteiger partial charge in [-0.2, -0.15) is 0 Å². The fourth-order valence-electron chi connectivity index (χ4n) is 2.84. The van der Waals surface area contributed by atoms with E-state index < -0.39 is 0 Å². The molecule has 1 aromatic heterocycles. The average molecular weight is 365 g/mol. The van der Waals surface area contributed by atoms with Crippen LogP contribution in [0.1, 0.15) is 42.6 Å². The lowest BCUT2D eigenvalue weighted by Gasteiger charge is -2.23. The quantitative estimate of drug-likeness (QED) is 0.818. The molecule has 0 unspecified atom stereocenters. The number of benzene rings is 1. The van der Waals surface area contributed by atoms with E-state index in [1.807, 2.05) is 0 Å². The third-order valence-electron chi connectivity index (χ3n) is 3.98. The molecule has 1 aliphatic carbocycles. The number of carbonyl (C=O) groups is 1. The summed E-state index contributed by atoms with van der Waals surface area (Å²) in [5.74, 6) is 0.341. The number of halogens is 2. The van der Waals surface area contributed by atoms with Gasteiger partial charge in [0.15, 0.2) is 0 Å². The van der Waals surface area contributed by atoms with Crippen LogP contribution >= 0.6 is 23.2 Å². The molecule has 1 saturated carbocycles. The first-order valence-corrected chi connectivity index (χ1v) is 8.72. The second-order valence-corrected chi connectivity index (χ2v) is 6.75. The summed E-state index contributed by atoms with van der Waals surface area (Å²) in [6.07, 6.45) is 7.40. The highest BCUT2D eigenvalue weighted by Gasteiger charge is 2.15. The predicted molar refractivity (Wildman–Crippen MR) is 96.9 cm³/mol. The number of nitrogens with zero attached hydrogens (tertiary/aromatic N) is 2. The van der Waals surface area contributed by atoms with Crippen molar-refractivity contribution in [3.05, 3.63) is 46.3 Å². The maximum atomic E-state index is 12.4. The van der Waals surface area contributed by atoms with Crippen molar-refractivity contribution in [2.45, 2.75) is 38.1 Å². The molecular formula is C17H18Cl2N4O. The molecule has 1 amide bonds. The van der Waals surface area contributed by atoms with Crippen molar-refractivity contribution in [2.75, 3.05) is 10.6 Å². The number of carbonyl (C=O) groups excluding carboxylic acids is 1. The van der Waals surface area contributed by atoms with E-state index in [2.05, 4.69) is 20.6 Å². The van der Waals surface area contributed by atoms with Gasteiger partial charge in [-0.05, 0) is 31.0 Å². The van der Waals surface area contributed by atoms with Gasteiger partial charge in [-0.1, -0.05) is 42.5 Å². The normalized spacial score (nSPS) is 15.1. The van der Waals surface area contributed by atoms with E-state index in [-0.39, 0.29) is 5.91 Å². The van der Waals surface area contributed by atoms with E-state index in [1.165, 1.54) is 25.6 Å². The van der Waals surface area contributed by atoms with Crippen molar-refractivity contribution in [1.82, 2.24) is 9.97 Å². The molecule has 0 saturated heterocycles. The maximum Gasteiger partial charge on any atom is 0.274 e. The lowest BCUT2D eigenvalue weighted by Crippen LogP contribution is -2.23. The highest BCUT2D eigenvalue weighted by molar-refractivity contribution is 6.35. The topological polar surface area (TPSA) is 66.9 Å². The van der Waals surface area contributed by atoms with Gasteiger partial charge < -0.3 is 10.6 Å². The number of amides is 1. The summed E-state index contributed by atoms with van der Waals surface area (Å²) in [6, 6.07) is 6.95. The number of nitrogens with one attached hydrogen (secondary N) is 2. The largest absolute Gasteiger partial charge is 0.367 e. The Morgan fingerprint density at radius 3 is 2.42 bits per heavy atom. The molecule has 126 valence electrons. The Labute approximate surface area is 150 Å². The molecule has 0 atom stereocenters. The van der Waals surface area contributed by atoms with Gasteiger partial charge >= 0.3 is 0 Å². The van der Waals surface area contributed by atoms with Gasteiger partial charge in [-0.15, -0.1) is 0 Å². The zero-order chi connectivity index (χ0) is 16.9. The van der Waals surface area contributed by atoms with Gasteiger partial charge in [0.05, 0.1) is 0 Å². The number of hydrogen-bond donors (Lipinski definition) is 2. The molecule has 24 heavy (non-hydrogen) atoms. The molecule has 2 N–H and O–H groups in total. The van der Waals surface area contributed by atoms with Crippen LogP contribution in [0.15, 0.2) is 30.6 Å². The Morgan fingerprint density at radius 2 is 1.71 bits per heavy atom. The minimum Gasteiger partial charge on any atom is -0.367 e. The number of anilines is 2. The molecule has 1 fully saturated rings. The van der Waals surface area contributed by atoms with E-state index in [9.17, 15) is 4.79 Å². The zero-order valence-electron chi connectivity index (χ0n) is 13.1. The number of rotatable bonds is 4. The Balaban J connectivity index is 1.69. The molecule has 1 aliphatic rings. The molecule has 0 spiro atoms. The Hall–Kier alpha value is -1.85. The second kappa shape index (κ2) is 7.81. The summed E-state index contributed by atoms with van der Waals surface area (Å²) >= 11 is 11.9. The highest BCUT2D eigenvalue weighted by atomic mass is 35.5. The van der Waals surface area contributed by atoms with E-state index in [0.29, 0.717) is 33.3 Å². The standard InChI is InChI=1S/C17H18Cl2N4O/c18-11-6-12(19)8-14(7-11)23-17(24)15-9-16(21-10-20-15)22-13-4-2-1-3-5-13/h6-10,13H,1-5H2,(H,23,24)(H,20,21,22). The fourth-order valence-corrected chi connectivity index (χ4v) is 3.36. The smallest absolute Gasteiger partial charge is 0.274 e. The lowest BCUT2D eigenvalue weighted by molar-refractivity contribution is 0.102. The van der Waals surface area contributed by atoms with Crippen molar-refractivity contribution < 1.29 is 4.79 Å². The Bertz CT molecular complexity index is 712. The zero-order valence-corrected chi connectivity index (χ0v) is 14.6. The van der Waals surface area contributed by atoms with Crippen LogP contribution in [0, 0.1) is 0 Å². The molecule has 7 heteroatoms. The van der Waals surface area contributed by atoms with Crippen molar-refractivity contribution >= 4 is 40.6 Å². The molecule has 1 heterocycles. The number of aromatic nitrogens is 2. The molecule has 0 bridgehead atoms. The van der Waals surface area contributed by atoms with Crippen molar-refractivity contribution in [2.24, 2.45) is 0 Å². The average Bonchev–Trinajstić information content (AvgIpc) is 2.55. The summed E-state index contributed by atoms with van der Waals surface area (Å²) < 4.78 is 0. The summed E-state index contributed by atoms with van der Waals surface area (Å²) in [7, 11) is 0. The van der Waals surface area contributed by atoms with Crippen LogP contribution in [0.4, 0.5) is 11.5 Å². The summed E-state index contributed by atoms with van der Waals surface area (Å²) in [5, 5.41) is 7.05. The first kappa shape index (κ1) is 17.0. The van der Waals surface area contributed by atoms with E-state index in [1.54, 1.807) is 24.3 Å². The van der Waals surface area contributed by atoms with Crippen molar-refractivity contribution in [1.29, 1.82) is 0 Å². The third kappa shape index (κ3) is 4.58. The maximum absolute atomic E-state index is 12.4. The van der Waals surface area contributed by atoms with Gasteiger partial charge in [0.1, 0.15) is 17.8 Å². The molecule has 1 aromatic carbocycles. The van der Waals surface area contributed by atoms with Gasteiger partial charge in [0.25, 0.3) is 5.91 Å². The third-order valence-corrected chi connectivity index (χ3v) is 4.41. The highest BCUT2D eigenvalue weighted by Crippen LogP contribution is 2.23. The summed E-state index contributed by atoms with van der Waals surface area (Å²) in [5.41, 5.74) is 0.817. The monoisotopic (exact) mass is 364 g/mol. The van der Waals surface area contributed by atoms with Gasteiger partial charge in [-0.3, -0.25) is 4.79 Å². The van der Waals surface area contributed by atoms with E-state index in [0.717, 1.165) is 12.8 Å². The van der Waals surface area contributed by atoms with Crippen LogP contribution in [0.25, 0.3) is 0 Å². The molecule has 0 aliphatic heterocycles. The summed E-state index contributed by atoms with van der Waals surface area (Å²) in [4.78, 5) is 20.6. The van der Waals surface area contributed by atoms with Crippen LogP contribution in [-0.4, -0.2) is 21.9 Å². The minimum absolute atomic E-state index is 0.291. The van der Waals surface area contributed by atoms with Crippen LogP contribution in [0.3, 0.4) is 0 Å². The Morgan fingerprint density at radius 1 is 1.00 bits per heavy atom. The molecular weight excluding hydrogens is 347 g/mol. The number of hydrogen-bond acceptors (Lipinski definition) is 4. The molecule has 2 aromatic rings. The molecule has 3 rings (SSSR count). The van der Waals surface area contributed by atoms with Gasteiger partial charge in [-0.25, -0.2) is 9.97 Å². The van der Waals surface area contributed by atoms with E-state index in [4.69, 9.17) is 23.2 Å². The van der Waals surface area contributed by atoms with Crippen molar-refractivity contribution in [3.63, 3.8) is 0 Å². The van der Waals surface area contributed by atoms with Gasteiger partial charge in [0, 0.05) is 27.8 Å². The molecule has 5 nitrogen and oxygen atoms in total. The van der Waals surface area contributed by atoms with E-state index >= 15 is 0 Å². The van der Waals surface area contributed by atoms with Crippen LogP contribution in [-0.2, 0) is 0 Å². The minimum atomic E-state index is -0.331.